The number of hydrogen-bond donors (Lipinski definition) is 2. The fourth-order valence-corrected chi connectivity index (χ4v) is 4.26. The van der Waals surface area contributed by atoms with E-state index in [1.165, 1.54) is 5.56 Å². The van der Waals surface area contributed by atoms with Gasteiger partial charge in [0.05, 0.1) is 17.6 Å². The second-order valence-electron chi connectivity index (χ2n) is 8.66. The summed E-state index contributed by atoms with van der Waals surface area (Å²) < 4.78 is 7.95. The number of benzene rings is 2. The van der Waals surface area contributed by atoms with E-state index in [4.69, 9.17) is 4.74 Å². The molecule has 2 heterocycles. The van der Waals surface area contributed by atoms with E-state index in [0.717, 1.165) is 16.8 Å². The lowest BCUT2D eigenvalue weighted by Crippen LogP contribution is -2.51. The van der Waals surface area contributed by atoms with Crippen LogP contribution in [0.2, 0.25) is 0 Å². The quantitative estimate of drug-likeness (QED) is 0.593. The normalized spacial score (nSPS) is 19.0. The number of carbonyl (C=O) groups is 1. The van der Waals surface area contributed by atoms with Crippen molar-refractivity contribution in [2.24, 2.45) is 0 Å². The highest BCUT2D eigenvalue weighted by molar-refractivity contribution is 5.78. The van der Waals surface area contributed by atoms with Gasteiger partial charge in [0.25, 0.3) is 0 Å². The summed E-state index contributed by atoms with van der Waals surface area (Å²) in [6, 6.07) is 15.6. The molecule has 0 aliphatic carbocycles. The largest absolute Gasteiger partial charge is 0.488 e. The van der Waals surface area contributed by atoms with Gasteiger partial charge in [-0.3, -0.25) is 4.79 Å². The zero-order valence-electron chi connectivity index (χ0n) is 18.6. The lowest BCUT2D eigenvalue weighted by Gasteiger charge is -2.36. The Balaban J connectivity index is 1.35. The number of ether oxygens (including phenoxy) is 1. The summed E-state index contributed by atoms with van der Waals surface area (Å²) in [4.78, 5) is 19.0. The van der Waals surface area contributed by atoms with Crippen LogP contribution in [-0.2, 0) is 17.9 Å². The molecule has 2 aromatic carbocycles. The van der Waals surface area contributed by atoms with E-state index in [2.05, 4.69) is 24.9 Å². The van der Waals surface area contributed by atoms with Gasteiger partial charge in [0.15, 0.2) is 0 Å². The van der Waals surface area contributed by atoms with Crippen molar-refractivity contribution >= 4 is 16.9 Å². The maximum absolute atomic E-state index is 12.8. The molecular formula is C25H31N3O4. The number of likely N-dealkylation sites (tertiary alicyclic amines) is 1. The number of rotatable bonds is 7. The summed E-state index contributed by atoms with van der Waals surface area (Å²) in [5.74, 6) is 1.69. The Bertz CT molecular complexity index is 1080. The van der Waals surface area contributed by atoms with Gasteiger partial charge in [-0.25, -0.2) is 4.98 Å². The Labute approximate surface area is 188 Å². The third kappa shape index (κ3) is 4.79. The molecule has 32 heavy (non-hydrogen) atoms. The molecule has 1 aliphatic rings. The Morgan fingerprint density at radius 2 is 2.03 bits per heavy atom. The maximum Gasteiger partial charge on any atom is 0.224 e. The Hall–Kier alpha value is -2.90. The third-order valence-corrected chi connectivity index (χ3v) is 6.11. The molecule has 1 fully saturated rings. The molecule has 1 saturated heterocycles. The first-order chi connectivity index (χ1) is 15.5. The monoisotopic (exact) mass is 437 g/mol. The molecule has 1 amide bonds. The Kier molecular flexibility index (Phi) is 6.77. The van der Waals surface area contributed by atoms with Crippen LogP contribution in [0.5, 0.6) is 5.75 Å². The van der Waals surface area contributed by atoms with E-state index in [1.54, 1.807) is 4.90 Å². The molecular weight excluding hydrogens is 406 g/mol. The Morgan fingerprint density at radius 1 is 1.22 bits per heavy atom. The van der Waals surface area contributed by atoms with Crippen LogP contribution in [0.4, 0.5) is 0 Å². The molecule has 0 spiro atoms. The van der Waals surface area contributed by atoms with Crippen molar-refractivity contribution in [2.45, 2.75) is 58.0 Å². The number of piperidine rings is 1. The first kappa shape index (κ1) is 22.3. The minimum absolute atomic E-state index is 0.0222. The number of aliphatic hydroxyl groups excluding tert-OH is 2. The van der Waals surface area contributed by atoms with Crippen molar-refractivity contribution in [3.05, 3.63) is 59.9 Å². The van der Waals surface area contributed by atoms with E-state index < -0.39 is 6.10 Å². The number of aliphatic hydroxyl groups is 2. The summed E-state index contributed by atoms with van der Waals surface area (Å²) in [7, 11) is 0. The molecule has 0 unspecified atom stereocenters. The number of aryl methyl sites for hydroxylation is 1. The number of para-hydroxylation sites is 2. The van der Waals surface area contributed by atoms with Crippen LogP contribution in [-0.4, -0.2) is 55.9 Å². The first-order valence-corrected chi connectivity index (χ1v) is 11.2. The fourth-order valence-electron chi connectivity index (χ4n) is 4.26. The van der Waals surface area contributed by atoms with E-state index in [0.29, 0.717) is 31.3 Å². The van der Waals surface area contributed by atoms with Gasteiger partial charge in [0.2, 0.25) is 5.91 Å². The van der Waals surface area contributed by atoms with Gasteiger partial charge in [0, 0.05) is 25.9 Å². The van der Waals surface area contributed by atoms with Gasteiger partial charge in [-0.1, -0.05) is 38.1 Å². The van der Waals surface area contributed by atoms with Crippen molar-refractivity contribution in [3.63, 3.8) is 0 Å². The van der Waals surface area contributed by atoms with E-state index in [1.807, 2.05) is 47.0 Å². The van der Waals surface area contributed by atoms with Crippen LogP contribution in [0.25, 0.3) is 11.0 Å². The molecule has 170 valence electrons. The van der Waals surface area contributed by atoms with Gasteiger partial charge in [-0.15, -0.1) is 0 Å². The molecule has 0 radical (unpaired) electrons. The molecule has 3 aromatic rings. The number of aromatic nitrogens is 2. The molecule has 2 atom stereocenters. The fraction of sp³-hybridized carbons (Fsp3) is 0.440. The van der Waals surface area contributed by atoms with E-state index in [9.17, 15) is 15.0 Å². The van der Waals surface area contributed by atoms with Crippen molar-refractivity contribution in [1.82, 2.24) is 14.5 Å². The van der Waals surface area contributed by atoms with Crippen LogP contribution in [0.15, 0.2) is 48.5 Å². The van der Waals surface area contributed by atoms with E-state index in [-0.39, 0.29) is 31.6 Å². The summed E-state index contributed by atoms with van der Waals surface area (Å²) >= 11 is 0. The Morgan fingerprint density at radius 3 is 2.78 bits per heavy atom. The standard InChI is InChI=1S/C25H31N3O4/c1-17(2)18-6-5-7-19(14-18)32-23-10-12-27(15-22(23)30)25(31)11-13-28-21-9-4-3-8-20(21)26-24(28)16-29/h3-9,14,17,22-23,29-30H,10-13,15-16H2,1-2H3/t22-,23-/m1/s1. The lowest BCUT2D eigenvalue weighted by molar-refractivity contribution is -0.137. The predicted molar refractivity (Wildman–Crippen MR) is 122 cm³/mol. The first-order valence-electron chi connectivity index (χ1n) is 11.2. The minimum Gasteiger partial charge on any atom is -0.488 e. The van der Waals surface area contributed by atoms with Gasteiger partial charge in [-0.2, -0.15) is 0 Å². The van der Waals surface area contributed by atoms with Gasteiger partial charge in [-0.05, 0) is 35.7 Å². The van der Waals surface area contributed by atoms with Crippen LogP contribution >= 0.6 is 0 Å². The number of fused-ring (bicyclic) bond motifs is 1. The number of carbonyl (C=O) groups excluding carboxylic acids is 1. The van der Waals surface area contributed by atoms with E-state index >= 15 is 0 Å². The second-order valence-corrected chi connectivity index (χ2v) is 8.66. The highest BCUT2D eigenvalue weighted by atomic mass is 16.5. The van der Waals surface area contributed by atoms with Crippen molar-refractivity contribution < 1.29 is 19.7 Å². The average molecular weight is 438 g/mol. The molecule has 0 saturated carbocycles. The summed E-state index contributed by atoms with van der Waals surface area (Å²) in [5, 5.41) is 20.3. The molecule has 7 heteroatoms. The number of hydrogen-bond acceptors (Lipinski definition) is 5. The minimum atomic E-state index is -0.738. The molecule has 1 aliphatic heterocycles. The summed E-state index contributed by atoms with van der Waals surface area (Å²) in [6.07, 6.45) is -0.214. The van der Waals surface area contributed by atoms with Crippen molar-refractivity contribution in [3.8, 4) is 5.75 Å². The highest BCUT2D eigenvalue weighted by Crippen LogP contribution is 2.24. The predicted octanol–water partition coefficient (Wildman–Crippen LogP) is 3.08. The molecule has 0 bridgehead atoms. The number of nitrogens with zero attached hydrogens (tertiary/aromatic N) is 3. The summed E-state index contributed by atoms with van der Waals surface area (Å²) in [5.41, 5.74) is 2.90. The zero-order chi connectivity index (χ0) is 22.7. The zero-order valence-corrected chi connectivity index (χ0v) is 18.6. The molecule has 4 rings (SSSR count). The smallest absolute Gasteiger partial charge is 0.224 e. The van der Waals surface area contributed by atoms with Gasteiger partial charge in [0.1, 0.15) is 30.4 Å². The van der Waals surface area contributed by atoms with Crippen molar-refractivity contribution in [2.75, 3.05) is 13.1 Å². The van der Waals surface area contributed by atoms with Crippen LogP contribution < -0.4 is 4.74 Å². The lowest BCUT2D eigenvalue weighted by atomic mass is 10.0. The van der Waals surface area contributed by atoms with Gasteiger partial charge >= 0.3 is 0 Å². The topological polar surface area (TPSA) is 87.8 Å². The van der Waals surface area contributed by atoms with Gasteiger partial charge < -0.3 is 24.4 Å². The highest BCUT2D eigenvalue weighted by Gasteiger charge is 2.31. The number of amides is 1. The number of β-amino-alcohol motifs (C(OH)–C–C–N with tert-alkyl or cyclic N) is 1. The molecule has 7 nitrogen and oxygen atoms in total. The number of imidazole rings is 1. The average Bonchev–Trinajstić information content (AvgIpc) is 3.16. The maximum atomic E-state index is 12.8. The SMILES string of the molecule is CC(C)c1cccc(O[C@@H]2CCN(C(=O)CCn3c(CO)nc4ccccc43)C[C@H]2O)c1. The third-order valence-electron chi connectivity index (χ3n) is 6.11. The molecule has 1 aromatic heterocycles. The summed E-state index contributed by atoms with van der Waals surface area (Å²) in [6.45, 7) is 5.32. The molecule has 2 N–H and O–H groups in total. The van der Waals surface area contributed by atoms with Crippen LogP contribution in [0.3, 0.4) is 0 Å². The van der Waals surface area contributed by atoms with Crippen molar-refractivity contribution in [1.29, 1.82) is 0 Å². The van der Waals surface area contributed by atoms with Crippen LogP contribution in [0.1, 0.15) is 44.0 Å². The van der Waals surface area contributed by atoms with Crippen LogP contribution in [0, 0.1) is 0 Å². The second kappa shape index (κ2) is 9.71.